The van der Waals surface area contributed by atoms with Gasteiger partial charge in [0, 0.05) is 24.7 Å². The standard InChI is InChI=1S/C14H24N2S/c1-3-7-14(2,15)11-16(13-4-5-13)9-12-6-8-17-10-12/h6,8,10,13H,3-5,7,9,11,15H2,1-2H3. The molecule has 96 valence electrons. The van der Waals surface area contributed by atoms with Crippen LogP contribution in [0.15, 0.2) is 16.8 Å². The minimum atomic E-state index is -0.0344. The summed E-state index contributed by atoms with van der Waals surface area (Å²) < 4.78 is 0. The third-order valence-electron chi connectivity index (χ3n) is 3.41. The van der Waals surface area contributed by atoms with E-state index in [0.29, 0.717) is 0 Å². The summed E-state index contributed by atoms with van der Waals surface area (Å²) in [7, 11) is 0. The van der Waals surface area contributed by atoms with Crippen molar-refractivity contribution in [3.05, 3.63) is 22.4 Å². The predicted octanol–water partition coefficient (Wildman–Crippen LogP) is 3.23. The molecule has 3 heteroatoms. The first-order chi connectivity index (χ1) is 8.11. The fourth-order valence-electron chi connectivity index (χ4n) is 2.49. The minimum Gasteiger partial charge on any atom is -0.324 e. The molecule has 1 fully saturated rings. The number of nitrogens with zero attached hydrogens (tertiary/aromatic N) is 1. The Balaban J connectivity index is 1.93. The second-order valence-electron chi connectivity index (χ2n) is 5.67. The van der Waals surface area contributed by atoms with Crippen molar-refractivity contribution in [2.75, 3.05) is 6.54 Å². The van der Waals surface area contributed by atoms with Gasteiger partial charge in [-0.25, -0.2) is 0 Å². The van der Waals surface area contributed by atoms with E-state index < -0.39 is 0 Å². The zero-order valence-electron chi connectivity index (χ0n) is 11.0. The molecule has 0 bridgehead atoms. The van der Waals surface area contributed by atoms with Gasteiger partial charge in [-0.3, -0.25) is 4.90 Å². The molecule has 1 unspecified atom stereocenters. The Morgan fingerprint density at radius 2 is 2.29 bits per heavy atom. The van der Waals surface area contributed by atoms with Gasteiger partial charge in [0.1, 0.15) is 0 Å². The molecule has 1 aliphatic rings. The molecule has 0 radical (unpaired) electrons. The van der Waals surface area contributed by atoms with Crippen LogP contribution in [0, 0.1) is 0 Å². The Hall–Kier alpha value is -0.380. The molecule has 1 atom stereocenters. The molecular formula is C14H24N2S. The highest BCUT2D eigenvalue weighted by molar-refractivity contribution is 7.07. The molecular weight excluding hydrogens is 228 g/mol. The van der Waals surface area contributed by atoms with E-state index >= 15 is 0 Å². The third-order valence-corrected chi connectivity index (χ3v) is 4.15. The van der Waals surface area contributed by atoms with Gasteiger partial charge in [-0.1, -0.05) is 13.3 Å². The molecule has 0 spiro atoms. The average Bonchev–Trinajstić information content (AvgIpc) is 2.97. The maximum absolute atomic E-state index is 6.38. The Kier molecular flexibility index (Phi) is 4.23. The Bertz CT molecular complexity index is 328. The largest absolute Gasteiger partial charge is 0.324 e. The van der Waals surface area contributed by atoms with Crippen molar-refractivity contribution in [2.45, 2.75) is 57.7 Å². The van der Waals surface area contributed by atoms with Gasteiger partial charge >= 0.3 is 0 Å². The van der Waals surface area contributed by atoms with E-state index in [4.69, 9.17) is 5.73 Å². The second kappa shape index (κ2) is 5.51. The summed E-state index contributed by atoms with van der Waals surface area (Å²) in [5, 5.41) is 4.41. The Labute approximate surface area is 109 Å². The van der Waals surface area contributed by atoms with E-state index in [9.17, 15) is 0 Å². The average molecular weight is 252 g/mol. The van der Waals surface area contributed by atoms with Gasteiger partial charge in [0.05, 0.1) is 0 Å². The molecule has 2 rings (SSSR count). The molecule has 1 heterocycles. The first-order valence-corrected chi connectivity index (χ1v) is 7.59. The first-order valence-electron chi connectivity index (χ1n) is 6.65. The van der Waals surface area contributed by atoms with Crippen LogP contribution in [0.5, 0.6) is 0 Å². The molecule has 17 heavy (non-hydrogen) atoms. The van der Waals surface area contributed by atoms with Gasteiger partial charge in [-0.2, -0.15) is 11.3 Å². The number of thiophene rings is 1. The quantitative estimate of drug-likeness (QED) is 0.807. The lowest BCUT2D eigenvalue weighted by atomic mass is 9.96. The summed E-state index contributed by atoms with van der Waals surface area (Å²) in [6.45, 7) is 6.51. The monoisotopic (exact) mass is 252 g/mol. The highest BCUT2D eigenvalue weighted by Gasteiger charge is 2.32. The summed E-state index contributed by atoms with van der Waals surface area (Å²) in [5.41, 5.74) is 7.79. The third kappa shape index (κ3) is 4.09. The van der Waals surface area contributed by atoms with Gasteiger partial charge in [0.15, 0.2) is 0 Å². The van der Waals surface area contributed by atoms with Crippen molar-refractivity contribution in [3.63, 3.8) is 0 Å². The van der Waals surface area contributed by atoms with Crippen molar-refractivity contribution < 1.29 is 0 Å². The molecule has 0 amide bonds. The number of rotatable bonds is 7. The van der Waals surface area contributed by atoms with Crippen LogP contribution in [-0.4, -0.2) is 23.0 Å². The molecule has 1 aromatic rings. The second-order valence-corrected chi connectivity index (χ2v) is 6.45. The SMILES string of the molecule is CCCC(C)(N)CN(Cc1ccsc1)C1CC1. The summed E-state index contributed by atoms with van der Waals surface area (Å²) in [5.74, 6) is 0. The van der Waals surface area contributed by atoms with E-state index in [-0.39, 0.29) is 5.54 Å². The summed E-state index contributed by atoms with van der Waals surface area (Å²) >= 11 is 1.78. The molecule has 1 saturated carbocycles. The van der Waals surface area contributed by atoms with Crippen molar-refractivity contribution in [1.82, 2.24) is 4.90 Å². The van der Waals surface area contributed by atoms with Gasteiger partial charge < -0.3 is 5.73 Å². The number of hydrogen-bond donors (Lipinski definition) is 1. The molecule has 0 aromatic carbocycles. The van der Waals surface area contributed by atoms with Crippen LogP contribution in [-0.2, 0) is 6.54 Å². The highest BCUT2D eigenvalue weighted by Crippen LogP contribution is 2.30. The zero-order valence-corrected chi connectivity index (χ0v) is 11.8. The maximum atomic E-state index is 6.38. The van der Waals surface area contributed by atoms with Crippen molar-refractivity contribution in [2.24, 2.45) is 5.73 Å². The Morgan fingerprint density at radius 3 is 2.82 bits per heavy atom. The van der Waals surface area contributed by atoms with E-state index in [1.165, 1.54) is 24.8 Å². The van der Waals surface area contributed by atoms with Gasteiger partial charge in [0.25, 0.3) is 0 Å². The molecule has 1 aliphatic carbocycles. The van der Waals surface area contributed by atoms with E-state index in [1.54, 1.807) is 11.3 Å². The topological polar surface area (TPSA) is 29.3 Å². The fraction of sp³-hybridized carbons (Fsp3) is 0.714. The van der Waals surface area contributed by atoms with Gasteiger partial charge in [-0.15, -0.1) is 0 Å². The minimum absolute atomic E-state index is 0.0344. The summed E-state index contributed by atoms with van der Waals surface area (Å²) in [6, 6.07) is 3.02. The van der Waals surface area contributed by atoms with Crippen LogP contribution in [0.1, 0.15) is 45.1 Å². The molecule has 2 nitrogen and oxygen atoms in total. The normalized spacial score (nSPS) is 19.5. The maximum Gasteiger partial charge on any atom is 0.0254 e. The van der Waals surface area contributed by atoms with Crippen molar-refractivity contribution in [3.8, 4) is 0 Å². The lowest BCUT2D eigenvalue weighted by Gasteiger charge is -2.32. The van der Waals surface area contributed by atoms with E-state index in [0.717, 1.165) is 25.6 Å². The van der Waals surface area contributed by atoms with Crippen molar-refractivity contribution in [1.29, 1.82) is 0 Å². The lowest BCUT2D eigenvalue weighted by Crippen LogP contribution is -2.48. The van der Waals surface area contributed by atoms with Gasteiger partial charge in [0.2, 0.25) is 0 Å². The lowest BCUT2D eigenvalue weighted by molar-refractivity contribution is 0.193. The van der Waals surface area contributed by atoms with Crippen LogP contribution in [0.25, 0.3) is 0 Å². The van der Waals surface area contributed by atoms with Crippen LogP contribution < -0.4 is 5.73 Å². The molecule has 0 saturated heterocycles. The molecule has 0 aliphatic heterocycles. The molecule has 2 N–H and O–H groups in total. The van der Waals surface area contributed by atoms with Crippen LogP contribution >= 0.6 is 11.3 Å². The van der Waals surface area contributed by atoms with Gasteiger partial charge in [-0.05, 0) is 48.6 Å². The number of nitrogens with two attached hydrogens (primary N) is 1. The van der Waals surface area contributed by atoms with Crippen LogP contribution in [0.3, 0.4) is 0 Å². The first kappa shape index (κ1) is 13.1. The fourth-order valence-corrected chi connectivity index (χ4v) is 3.14. The predicted molar refractivity (Wildman–Crippen MR) is 75.3 cm³/mol. The summed E-state index contributed by atoms with van der Waals surface area (Å²) in [6.07, 6.45) is 4.99. The zero-order chi connectivity index (χ0) is 12.3. The Morgan fingerprint density at radius 1 is 1.53 bits per heavy atom. The van der Waals surface area contributed by atoms with E-state index in [1.807, 2.05) is 0 Å². The number of hydrogen-bond acceptors (Lipinski definition) is 3. The van der Waals surface area contributed by atoms with Crippen LogP contribution in [0.2, 0.25) is 0 Å². The van der Waals surface area contributed by atoms with E-state index in [2.05, 4.69) is 35.6 Å². The highest BCUT2D eigenvalue weighted by atomic mass is 32.1. The van der Waals surface area contributed by atoms with Crippen LogP contribution in [0.4, 0.5) is 0 Å². The summed E-state index contributed by atoms with van der Waals surface area (Å²) in [4.78, 5) is 2.58. The molecule has 1 aromatic heterocycles. The smallest absolute Gasteiger partial charge is 0.0254 e. The van der Waals surface area contributed by atoms with Crippen molar-refractivity contribution >= 4 is 11.3 Å².